The number of rotatable bonds is 6. The van der Waals surface area contributed by atoms with Gasteiger partial charge in [0.05, 0.1) is 0 Å². The van der Waals surface area contributed by atoms with Crippen molar-refractivity contribution in [1.29, 1.82) is 0 Å². The molecule has 7 nitrogen and oxygen atoms in total. The number of furan rings is 2. The summed E-state index contributed by atoms with van der Waals surface area (Å²) in [5, 5.41) is 3.82. The summed E-state index contributed by atoms with van der Waals surface area (Å²) in [5.74, 6) is 1.77. The molecule has 3 aromatic heterocycles. The van der Waals surface area contributed by atoms with Crippen LogP contribution >= 0.6 is 0 Å². The molecule has 0 saturated carbocycles. The van der Waals surface area contributed by atoms with Crippen molar-refractivity contribution in [1.82, 2.24) is 9.88 Å². The Kier molecular flexibility index (Phi) is 7.19. The SMILES string of the molecule is CN1C=CN(c2[c-]c(Oc3[c-]c(N(c4ccccc4)c4ccccn4)c4oc5ccccc5c4c3)cc3c2oc2ccccc23)[CH-]1.[Pt]. The second kappa shape index (κ2) is 11.7. The normalized spacial score (nSPS) is 12.8. The van der Waals surface area contributed by atoms with Crippen LogP contribution in [0.15, 0.2) is 137 Å². The van der Waals surface area contributed by atoms with Crippen molar-refractivity contribution in [3.8, 4) is 11.5 Å². The Balaban J connectivity index is 0.00000324. The van der Waals surface area contributed by atoms with Gasteiger partial charge in [-0.15, -0.1) is 24.3 Å². The molecule has 8 heteroatoms. The summed E-state index contributed by atoms with van der Waals surface area (Å²) in [7, 11) is 1.98. The number of para-hydroxylation sites is 3. The van der Waals surface area contributed by atoms with Crippen LogP contribution in [0, 0.1) is 18.8 Å². The summed E-state index contributed by atoms with van der Waals surface area (Å²) in [5.41, 5.74) is 5.34. The van der Waals surface area contributed by atoms with Crippen molar-refractivity contribution < 1.29 is 34.6 Å². The molecule has 0 unspecified atom stereocenters. The number of pyridine rings is 1. The first-order chi connectivity index (χ1) is 22.7. The Hall–Kier alpha value is -5.52. The van der Waals surface area contributed by atoms with E-state index in [1.807, 2.05) is 138 Å². The summed E-state index contributed by atoms with van der Waals surface area (Å²) in [6.45, 7) is 1.97. The molecule has 0 atom stereocenters. The minimum Gasteiger partial charge on any atom is -0.514 e. The van der Waals surface area contributed by atoms with Crippen LogP contribution in [-0.2, 0) is 21.1 Å². The molecule has 0 bridgehead atoms. The van der Waals surface area contributed by atoms with Crippen molar-refractivity contribution in [3.05, 3.63) is 147 Å². The molecule has 0 spiro atoms. The molecule has 5 aromatic carbocycles. The predicted molar refractivity (Wildman–Crippen MR) is 181 cm³/mol. The number of benzene rings is 5. The third-order valence-electron chi connectivity index (χ3n) is 8.10. The molecule has 8 aromatic rings. The van der Waals surface area contributed by atoms with Gasteiger partial charge in [0.1, 0.15) is 17.0 Å². The van der Waals surface area contributed by atoms with Gasteiger partial charge in [-0.25, -0.2) is 4.98 Å². The average Bonchev–Trinajstić information content (AvgIpc) is 3.81. The number of aromatic nitrogens is 1. The number of fused-ring (bicyclic) bond motifs is 6. The standard InChI is InChI=1S/C39H25N4O3.Pt/c1-41-19-20-42(25-41)33-23-27(21-31-29-13-5-7-15-35(29)45-38(31)33)44-28-22-32-30-14-6-8-16-36(30)46-39(32)34(24-28)43(26-11-3-2-4-12-26)37-17-9-10-18-40-37;/h2-22,25H,1H3;/q-3;. The van der Waals surface area contributed by atoms with Gasteiger partial charge in [-0.3, -0.25) is 0 Å². The van der Waals surface area contributed by atoms with Gasteiger partial charge in [0.25, 0.3) is 0 Å². The fraction of sp³-hybridized carbons (Fsp3) is 0.0256. The minimum absolute atomic E-state index is 0. The van der Waals surface area contributed by atoms with E-state index in [0.717, 1.165) is 55.5 Å². The first kappa shape index (κ1) is 28.9. The molecule has 0 N–H and O–H groups in total. The van der Waals surface area contributed by atoms with Gasteiger partial charge in [0.2, 0.25) is 0 Å². The third-order valence-corrected chi connectivity index (χ3v) is 8.10. The monoisotopic (exact) mass is 792 g/mol. The van der Waals surface area contributed by atoms with E-state index in [0.29, 0.717) is 22.8 Å². The molecule has 1 aliphatic rings. The number of ether oxygens (including phenoxy) is 1. The van der Waals surface area contributed by atoms with E-state index in [9.17, 15) is 0 Å². The minimum atomic E-state index is 0. The summed E-state index contributed by atoms with van der Waals surface area (Å²) in [6, 6.07) is 43.0. The fourth-order valence-electron chi connectivity index (χ4n) is 6.04. The third kappa shape index (κ3) is 5.00. The summed E-state index contributed by atoms with van der Waals surface area (Å²) < 4.78 is 19.6. The molecule has 0 fully saturated rings. The maximum atomic E-state index is 6.70. The summed E-state index contributed by atoms with van der Waals surface area (Å²) in [6.07, 6.45) is 5.73. The molecular weight excluding hydrogens is 768 g/mol. The van der Waals surface area contributed by atoms with Crippen molar-refractivity contribution >= 4 is 66.8 Å². The van der Waals surface area contributed by atoms with Crippen molar-refractivity contribution in [3.63, 3.8) is 0 Å². The van der Waals surface area contributed by atoms with Gasteiger partial charge >= 0.3 is 0 Å². The molecule has 4 heterocycles. The molecule has 1 aliphatic heterocycles. The molecule has 9 rings (SSSR count). The number of nitrogens with zero attached hydrogens (tertiary/aromatic N) is 4. The van der Waals surface area contributed by atoms with Gasteiger partial charge < -0.3 is 28.3 Å². The van der Waals surface area contributed by atoms with E-state index >= 15 is 0 Å². The zero-order chi connectivity index (χ0) is 30.6. The average molecular weight is 793 g/mol. The molecule has 0 aliphatic carbocycles. The van der Waals surface area contributed by atoms with E-state index in [1.165, 1.54) is 0 Å². The van der Waals surface area contributed by atoms with Gasteiger partial charge in [0.15, 0.2) is 0 Å². The van der Waals surface area contributed by atoms with Gasteiger partial charge in [0, 0.05) is 66.4 Å². The van der Waals surface area contributed by atoms with E-state index in [-0.39, 0.29) is 21.1 Å². The zero-order valence-electron chi connectivity index (χ0n) is 25.0. The maximum absolute atomic E-state index is 6.70. The second-order valence-corrected chi connectivity index (χ2v) is 11.1. The van der Waals surface area contributed by atoms with Crippen LogP contribution in [0.4, 0.5) is 22.9 Å². The first-order valence-corrected chi connectivity index (χ1v) is 14.9. The summed E-state index contributed by atoms with van der Waals surface area (Å²) >= 11 is 0. The van der Waals surface area contributed by atoms with Crippen LogP contribution in [0.3, 0.4) is 0 Å². The maximum Gasteiger partial charge on any atom is 0.135 e. The van der Waals surface area contributed by atoms with Crippen molar-refractivity contribution in [2.24, 2.45) is 0 Å². The quantitative estimate of drug-likeness (QED) is 0.156. The number of hydrogen-bond acceptors (Lipinski definition) is 7. The van der Waals surface area contributed by atoms with E-state index in [4.69, 9.17) is 18.6 Å². The molecular formula is C39H25N4O3Pt-3. The van der Waals surface area contributed by atoms with Crippen LogP contribution in [0.5, 0.6) is 11.5 Å². The first-order valence-electron chi connectivity index (χ1n) is 14.9. The molecule has 47 heavy (non-hydrogen) atoms. The Morgan fingerprint density at radius 2 is 1.34 bits per heavy atom. The Morgan fingerprint density at radius 3 is 2.02 bits per heavy atom. The van der Waals surface area contributed by atoms with Crippen LogP contribution in [0.2, 0.25) is 0 Å². The molecule has 0 saturated heterocycles. The topological polar surface area (TPSA) is 58.1 Å². The van der Waals surface area contributed by atoms with Gasteiger partial charge in [-0.05, 0) is 61.5 Å². The van der Waals surface area contributed by atoms with Crippen LogP contribution < -0.4 is 14.5 Å². The number of anilines is 4. The second-order valence-electron chi connectivity index (χ2n) is 11.1. The van der Waals surface area contributed by atoms with Crippen molar-refractivity contribution in [2.45, 2.75) is 0 Å². The fourth-order valence-corrected chi connectivity index (χ4v) is 6.04. The number of hydrogen-bond donors (Lipinski definition) is 0. The Labute approximate surface area is 285 Å². The van der Waals surface area contributed by atoms with Crippen molar-refractivity contribution in [2.75, 3.05) is 16.8 Å². The van der Waals surface area contributed by atoms with Gasteiger partial charge in [-0.2, -0.15) is 6.67 Å². The zero-order valence-corrected chi connectivity index (χ0v) is 27.3. The molecule has 232 valence electrons. The van der Waals surface area contributed by atoms with Crippen LogP contribution in [0.1, 0.15) is 0 Å². The van der Waals surface area contributed by atoms with Crippen LogP contribution in [0.25, 0.3) is 43.9 Å². The van der Waals surface area contributed by atoms with E-state index < -0.39 is 0 Å². The largest absolute Gasteiger partial charge is 0.514 e. The molecule has 0 amide bonds. The Bertz CT molecular complexity index is 2380. The van der Waals surface area contributed by atoms with Gasteiger partial charge in [-0.1, -0.05) is 77.1 Å². The molecule has 0 radical (unpaired) electrons. The Morgan fingerprint density at radius 1 is 0.702 bits per heavy atom. The van der Waals surface area contributed by atoms with Crippen LogP contribution in [-0.4, -0.2) is 16.9 Å². The smallest absolute Gasteiger partial charge is 0.135 e. The van der Waals surface area contributed by atoms with E-state index in [1.54, 1.807) is 6.20 Å². The van der Waals surface area contributed by atoms with E-state index in [2.05, 4.69) is 24.3 Å². The predicted octanol–water partition coefficient (Wildman–Crippen LogP) is 10.1. The summed E-state index contributed by atoms with van der Waals surface area (Å²) in [4.78, 5) is 10.7.